The molecule has 2 heterocycles. The van der Waals surface area contributed by atoms with E-state index in [1.165, 1.54) is 12.8 Å². The van der Waals surface area contributed by atoms with Gasteiger partial charge < -0.3 is 10.1 Å². The molecule has 25 heavy (non-hydrogen) atoms. The lowest BCUT2D eigenvalue weighted by Gasteiger charge is -2.18. The van der Waals surface area contributed by atoms with Crippen LogP contribution >= 0.6 is 0 Å². The molecule has 0 spiro atoms. The fourth-order valence-electron chi connectivity index (χ4n) is 3.00. The number of aryl methyl sites for hydroxylation is 1. The summed E-state index contributed by atoms with van der Waals surface area (Å²) >= 11 is 0. The van der Waals surface area contributed by atoms with Crippen molar-refractivity contribution in [3.05, 3.63) is 36.7 Å². The summed E-state index contributed by atoms with van der Waals surface area (Å²) in [6.45, 7) is 4.91. The molecule has 0 aliphatic carbocycles. The van der Waals surface area contributed by atoms with E-state index in [1.54, 1.807) is 10.7 Å². The van der Waals surface area contributed by atoms with Crippen LogP contribution in [0, 0.1) is 6.07 Å². The van der Waals surface area contributed by atoms with Gasteiger partial charge in [0.1, 0.15) is 12.4 Å². The first-order valence-electron chi connectivity index (χ1n) is 8.75. The lowest BCUT2D eigenvalue weighted by atomic mass is 10.1. The predicted octanol–water partition coefficient (Wildman–Crippen LogP) is 1.87. The Morgan fingerprint density at radius 3 is 2.88 bits per heavy atom. The van der Waals surface area contributed by atoms with E-state index in [0.29, 0.717) is 13.2 Å². The van der Waals surface area contributed by atoms with Crippen molar-refractivity contribution in [2.24, 2.45) is 7.05 Å². The molecule has 1 radical (unpaired) electrons. The fourth-order valence-corrected chi connectivity index (χ4v) is 3.00. The van der Waals surface area contributed by atoms with Gasteiger partial charge in [-0.15, -0.1) is 0 Å². The zero-order valence-corrected chi connectivity index (χ0v) is 14.9. The summed E-state index contributed by atoms with van der Waals surface area (Å²) in [5, 5.41) is 7.18. The van der Waals surface area contributed by atoms with Crippen molar-refractivity contribution in [3.8, 4) is 16.9 Å². The van der Waals surface area contributed by atoms with Gasteiger partial charge in [-0.3, -0.25) is 14.4 Å². The summed E-state index contributed by atoms with van der Waals surface area (Å²) in [5.74, 6) is 0.802. The third-order valence-corrected chi connectivity index (χ3v) is 4.27. The number of nitrogens with zero attached hydrogens (tertiary/aromatic N) is 3. The van der Waals surface area contributed by atoms with E-state index in [4.69, 9.17) is 4.74 Å². The van der Waals surface area contributed by atoms with Crippen LogP contribution in [0.4, 0.5) is 0 Å². The van der Waals surface area contributed by atoms with Gasteiger partial charge in [-0.1, -0.05) is 0 Å². The van der Waals surface area contributed by atoms with Crippen molar-refractivity contribution in [1.82, 2.24) is 20.0 Å². The average Bonchev–Trinajstić information content (AvgIpc) is 3.25. The SMILES string of the molecule is C[C@@H](COc1c[c]cc(-c2cnn(C)c2)c1)NC(=O)CN1CCCC1. The van der Waals surface area contributed by atoms with Gasteiger partial charge in [-0.05, 0) is 62.7 Å². The summed E-state index contributed by atoms with van der Waals surface area (Å²) in [5.41, 5.74) is 2.03. The van der Waals surface area contributed by atoms with Crippen LogP contribution in [0.15, 0.2) is 30.6 Å². The van der Waals surface area contributed by atoms with E-state index in [9.17, 15) is 4.79 Å². The smallest absolute Gasteiger partial charge is 0.234 e. The third kappa shape index (κ3) is 5.06. The van der Waals surface area contributed by atoms with E-state index >= 15 is 0 Å². The fraction of sp³-hybridized carbons (Fsp3) is 0.474. The zero-order valence-electron chi connectivity index (χ0n) is 14.9. The summed E-state index contributed by atoms with van der Waals surface area (Å²) < 4.78 is 7.59. The molecular weight excluding hydrogens is 316 g/mol. The predicted molar refractivity (Wildman–Crippen MR) is 96.3 cm³/mol. The molecule has 0 bridgehead atoms. The number of likely N-dealkylation sites (tertiary alicyclic amines) is 1. The standard InChI is InChI=1S/C19H25N4O2/c1-15(21-19(24)13-23-8-3-4-9-23)14-25-18-7-5-6-16(10-18)17-11-20-22(2)12-17/h6-7,10-12,15H,3-4,8-9,13-14H2,1-2H3,(H,21,24)/t15-/m0/s1. The molecule has 2 aromatic rings. The van der Waals surface area contributed by atoms with Gasteiger partial charge in [0.15, 0.2) is 0 Å². The highest BCUT2D eigenvalue weighted by molar-refractivity contribution is 5.78. The monoisotopic (exact) mass is 341 g/mol. The Morgan fingerprint density at radius 2 is 2.16 bits per heavy atom. The first-order valence-corrected chi connectivity index (χ1v) is 8.75. The molecule has 6 nitrogen and oxygen atoms in total. The molecule has 3 rings (SSSR count). The molecule has 0 unspecified atom stereocenters. The maximum absolute atomic E-state index is 12.0. The van der Waals surface area contributed by atoms with Crippen molar-refractivity contribution in [2.45, 2.75) is 25.8 Å². The Bertz CT molecular complexity index is 707. The van der Waals surface area contributed by atoms with E-state index in [0.717, 1.165) is 30.0 Å². The quantitative estimate of drug-likeness (QED) is 0.835. The summed E-state index contributed by atoms with van der Waals surface area (Å²) in [6.07, 6.45) is 6.15. The lowest BCUT2D eigenvalue weighted by molar-refractivity contribution is -0.122. The van der Waals surface area contributed by atoms with Crippen LogP contribution in [-0.4, -0.2) is 52.9 Å². The molecule has 1 N–H and O–H groups in total. The van der Waals surface area contributed by atoms with Gasteiger partial charge in [-0.2, -0.15) is 5.10 Å². The first-order chi connectivity index (χ1) is 12.1. The van der Waals surface area contributed by atoms with E-state index in [-0.39, 0.29) is 11.9 Å². The van der Waals surface area contributed by atoms with Gasteiger partial charge in [0, 0.05) is 18.8 Å². The lowest BCUT2D eigenvalue weighted by Crippen LogP contribution is -2.42. The molecule has 1 aromatic carbocycles. The largest absolute Gasteiger partial charge is 0.491 e. The summed E-state index contributed by atoms with van der Waals surface area (Å²) in [7, 11) is 1.89. The molecule has 1 aromatic heterocycles. The molecule has 0 saturated carbocycles. The first kappa shape index (κ1) is 17.5. The van der Waals surface area contributed by atoms with Crippen LogP contribution in [0.25, 0.3) is 11.1 Å². The van der Waals surface area contributed by atoms with Gasteiger partial charge in [0.2, 0.25) is 5.91 Å². The minimum absolute atomic E-state index is 0.0443. The number of benzene rings is 1. The molecule has 6 heteroatoms. The minimum atomic E-state index is -0.0443. The summed E-state index contributed by atoms with van der Waals surface area (Å²) in [4.78, 5) is 14.2. The Balaban J connectivity index is 1.48. The van der Waals surface area contributed by atoms with Crippen molar-refractivity contribution in [2.75, 3.05) is 26.2 Å². The van der Waals surface area contributed by atoms with Gasteiger partial charge >= 0.3 is 0 Å². The number of amides is 1. The second-order valence-corrected chi connectivity index (χ2v) is 6.62. The molecular formula is C19H25N4O2. The average molecular weight is 341 g/mol. The molecule has 1 saturated heterocycles. The molecule has 1 amide bonds. The van der Waals surface area contributed by atoms with E-state index in [2.05, 4.69) is 21.4 Å². The molecule has 1 fully saturated rings. The van der Waals surface area contributed by atoms with Crippen LogP contribution in [0.3, 0.4) is 0 Å². The number of rotatable bonds is 7. The number of carbonyl (C=O) groups is 1. The molecule has 1 atom stereocenters. The van der Waals surface area contributed by atoms with Crippen LogP contribution in [0.2, 0.25) is 0 Å². The van der Waals surface area contributed by atoms with Crippen LogP contribution in [-0.2, 0) is 11.8 Å². The number of ether oxygens (including phenoxy) is 1. The number of carbonyl (C=O) groups excluding carboxylic acids is 1. The van der Waals surface area contributed by atoms with Gasteiger partial charge in [0.05, 0.1) is 18.8 Å². The van der Waals surface area contributed by atoms with Crippen molar-refractivity contribution in [3.63, 3.8) is 0 Å². The normalized spacial score (nSPS) is 15.9. The topological polar surface area (TPSA) is 59.4 Å². The number of hydrogen-bond donors (Lipinski definition) is 1. The maximum atomic E-state index is 12.0. The van der Waals surface area contributed by atoms with Crippen molar-refractivity contribution < 1.29 is 9.53 Å². The Hall–Kier alpha value is -2.34. The minimum Gasteiger partial charge on any atom is -0.491 e. The third-order valence-electron chi connectivity index (χ3n) is 4.27. The maximum Gasteiger partial charge on any atom is 0.234 e. The zero-order chi connectivity index (χ0) is 17.6. The molecule has 133 valence electrons. The highest BCUT2D eigenvalue weighted by Crippen LogP contribution is 2.23. The summed E-state index contributed by atoms with van der Waals surface area (Å²) in [6, 6.07) is 8.73. The van der Waals surface area contributed by atoms with Crippen molar-refractivity contribution >= 4 is 5.91 Å². The molecule has 1 aliphatic heterocycles. The van der Waals surface area contributed by atoms with Crippen LogP contribution < -0.4 is 10.1 Å². The van der Waals surface area contributed by atoms with Gasteiger partial charge in [0.25, 0.3) is 0 Å². The van der Waals surface area contributed by atoms with Crippen LogP contribution in [0.5, 0.6) is 5.75 Å². The second kappa shape index (κ2) is 8.16. The number of aromatic nitrogens is 2. The van der Waals surface area contributed by atoms with Crippen LogP contribution in [0.1, 0.15) is 19.8 Å². The highest BCUT2D eigenvalue weighted by atomic mass is 16.5. The second-order valence-electron chi connectivity index (χ2n) is 6.62. The highest BCUT2D eigenvalue weighted by Gasteiger charge is 2.16. The van der Waals surface area contributed by atoms with E-state index in [1.807, 2.05) is 38.5 Å². The van der Waals surface area contributed by atoms with Crippen molar-refractivity contribution in [1.29, 1.82) is 0 Å². The number of hydrogen-bond acceptors (Lipinski definition) is 4. The van der Waals surface area contributed by atoms with Gasteiger partial charge in [-0.25, -0.2) is 0 Å². The van der Waals surface area contributed by atoms with E-state index < -0.39 is 0 Å². The Morgan fingerprint density at radius 1 is 1.36 bits per heavy atom. The molecule has 1 aliphatic rings. The number of nitrogens with one attached hydrogen (secondary N) is 1. The Labute approximate surface area is 148 Å². The Kier molecular flexibility index (Phi) is 5.71.